The maximum Gasteiger partial charge on any atom is 0.216 e. The van der Waals surface area contributed by atoms with Gasteiger partial charge in [-0.2, -0.15) is 0 Å². The molecule has 2 aromatic rings. The Morgan fingerprint density at radius 1 is 1.29 bits per heavy atom. The summed E-state index contributed by atoms with van der Waals surface area (Å²) in [6.07, 6.45) is 1.92. The third-order valence-corrected chi connectivity index (χ3v) is 4.94. The van der Waals surface area contributed by atoms with Crippen LogP contribution in [0.25, 0.3) is 11.3 Å². The van der Waals surface area contributed by atoms with Crippen LogP contribution in [0, 0.1) is 0 Å². The number of aryl methyl sites for hydroxylation is 1. The highest BCUT2D eigenvalue weighted by Gasteiger charge is 2.15. The van der Waals surface area contributed by atoms with Gasteiger partial charge in [0, 0.05) is 37.5 Å². The molecule has 0 radical (unpaired) electrons. The van der Waals surface area contributed by atoms with Crippen molar-refractivity contribution in [3.05, 3.63) is 35.2 Å². The van der Waals surface area contributed by atoms with Crippen LogP contribution in [0.15, 0.2) is 29.6 Å². The Morgan fingerprint density at radius 3 is 2.75 bits per heavy atom. The third kappa shape index (κ3) is 4.55. The molecule has 3 rings (SSSR count). The average Bonchev–Trinajstić information content (AvgIpc) is 3.10. The molecule has 24 heavy (non-hydrogen) atoms. The number of hydrogen-bond donors (Lipinski definition) is 1. The van der Waals surface area contributed by atoms with Crippen LogP contribution in [-0.4, -0.2) is 43.7 Å². The van der Waals surface area contributed by atoms with E-state index in [9.17, 15) is 4.79 Å². The number of morpholine rings is 1. The predicted molar refractivity (Wildman–Crippen MR) is 97.6 cm³/mol. The van der Waals surface area contributed by atoms with Crippen molar-refractivity contribution in [2.45, 2.75) is 19.8 Å². The van der Waals surface area contributed by atoms with E-state index in [-0.39, 0.29) is 5.91 Å². The summed E-state index contributed by atoms with van der Waals surface area (Å²) in [6.45, 7) is 5.67. The summed E-state index contributed by atoms with van der Waals surface area (Å²) in [5, 5.41) is 6.02. The van der Waals surface area contributed by atoms with Crippen LogP contribution in [0.2, 0.25) is 0 Å². The number of thiazole rings is 1. The summed E-state index contributed by atoms with van der Waals surface area (Å²) in [4.78, 5) is 17.9. The Bertz CT molecular complexity index is 663. The summed E-state index contributed by atoms with van der Waals surface area (Å²) >= 11 is 1.69. The lowest BCUT2D eigenvalue weighted by Crippen LogP contribution is -2.36. The van der Waals surface area contributed by atoms with Crippen LogP contribution in [0.1, 0.15) is 18.9 Å². The minimum absolute atomic E-state index is 0.0324. The average molecular weight is 345 g/mol. The summed E-state index contributed by atoms with van der Waals surface area (Å²) < 4.78 is 5.39. The second-order valence-electron chi connectivity index (χ2n) is 5.90. The second kappa shape index (κ2) is 8.26. The van der Waals surface area contributed by atoms with Gasteiger partial charge in [0.2, 0.25) is 5.91 Å². The maximum atomic E-state index is 10.8. The van der Waals surface area contributed by atoms with Crippen molar-refractivity contribution in [2.24, 2.45) is 0 Å². The summed E-state index contributed by atoms with van der Waals surface area (Å²) in [5.41, 5.74) is 3.47. The zero-order valence-electron chi connectivity index (χ0n) is 14.0. The molecule has 128 valence electrons. The van der Waals surface area contributed by atoms with Crippen molar-refractivity contribution in [2.75, 3.05) is 37.7 Å². The van der Waals surface area contributed by atoms with E-state index >= 15 is 0 Å². The molecule has 0 aliphatic carbocycles. The number of aromatic nitrogens is 1. The highest BCUT2D eigenvalue weighted by Crippen LogP contribution is 2.28. The van der Waals surface area contributed by atoms with Crippen molar-refractivity contribution in [3.8, 4) is 11.3 Å². The van der Waals surface area contributed by atoms with E-state index in [1.54, 1.807) is 18.3 Å². The monoisotopic (exact) mass is 345 g/mol. The minimum Gasteiger partial charge on any atom is -0.378 e. The fourth-order valence-corrected chi connectivity index (χ4v) is 3.58. The zero-order chi connectivity index (χ0) is 16.8. The summed E-state index contributed by atoms with van der Waals surface area (Å²) in [7, 11) is 0. The number of ether oxygens (including phenoxy) is 1. The fraction of sp³-hybridized carbons (Fsp3) is 0.444. The molecule has 0 saturated carbocycles. The molecule has 1 fully saturated rings. The van der Waals surface area contributed by atoms with Crippen molar-refractivity contribution < 1.29 is 9.53 Å². The zero-order valence-corrected chi connectivity index (χ0v) is 14.8. The molecule has 1 aliphatic rings. The topological polar surface area (TPSA) is 54.5 Å². The molecule has 0 bridgehead atoms. The van der Waals surface area contributed by atoms with E-state index in [2.05, 4.69) is 39.9 Å². The number of nitrogens with zero attached hydrogens (tertiary/aromatic N) is 2. The lowest BCUT2D eigenvalue weighted by atomic mass is 10.1. The first-order valence-corrected chi connectivity index (χ1v) is 9.22. The van der Waals surface area contributed by atoms with E-state index in [1.165, 1.54) is 5.56 Å². The van der Waals surface area contributed by atoms with Gasteiger partial charge in [-0.15, -0.1) is 11.3 Å². The number of amides is 1. The molecule has 1 saturated heterocycles. The van der Waals surface area contributed by atoms with Gasteiger partial charge in [0.25, 0.3) is 0 Å². The van der Waals surface area contributed by atoms with Gasteiger partial charge in [0.05, 0.1) is 18.9 Å². The van der Waals surface area contributed by atoms with Crippen LogP contribution in [0.4, 0.5) is 5.13 Å². The molecule has 1 aliphatic heterocycles. The smallest absolute Gasteiger partial charge is 0.216 e. The maximum absolute atomic E-state index is 10.8. The lowest BCUT2D eigenvalue weighted by Gasteiger charge is -2.26. The molecular weight excluding hydrogens is 322 g/mol. The van der Waals surface area contributed by atoms with Gasteiger partial charge >= 0.3 is 0 Å². The molecule has 1 amide bonds. The standard InChI is InChI=1S/C18H23N3O2S/c1-14(22)19-8-2-3-15-4-6-16(7-5-15)17-13-24-18(20-17)21-9-11-23-12-10-21/h4-7,13H,2-3,8-12H2,1H3,(H,19,22). The molecular formula is C18H23N3O2S. The number of benzene rings is 1. The number of nitrogens with one attached hydrogen (secondary N) is 1. The van der Waals surface area contributed by atoms with Crippen molar-refractivity contribution in [1.82, 2.24) is 10.3 Å². The molecule has 1 aromatic heterocycles. The molecule has 1 aromatic carbocycles. The van der Waals surface area contributed by atoms with Crippen LogP contribution in [0.5, 0.6) is 0 Å². The van der Waals surface area contributed by atoms with E-state index in [4.69, 9.17) is 9.72 Å². The second-order valence-corrected chi connectivity index (χ2v) is 6.73. The van der Waals surface area contributed by atoms with Gasteiger partial charge in [-0.3, -0.25) is 4.79 Å². The van der Waals surface area contributed by atoms with E-state index in [0.29, 0.717) is 0 Å². The van der Waals surface area contributed by atoms with Gasteiger partial charge in [-0.1, -0.05) is 24.3 Å². The Morgan fingerprint density at radius 2 is 2.04 bits per heavy atom. The number of carbonyl (C=O) groups excluding carboxylic acids is 1. The van der Waals surface area contributed by atoms with Gasteiger partial charge in [-0.05, 0) is 18.4 Å². The van der Waals surface area contributed by atoms with E-state index in [0.717, 1.165) is 62.1 Å². The van der Waals surface area contributed by atoms with Crippen LogP contribution < -0.4 is 10.2 Å². The molecule has 2 heterocycles. The number of carbonyl (C=O) groups is 1. The molecule has 0 atom stereocenters. The van der Waals surface area contributed by atoms with Crippen molar-refractivity contribution in [3.63, 3.8) is 0 Å². The highest BCUT2D eigenvalue weighted by molar-refractivity contribution is 7.14. The lowest BCUT2D eigenvalue weighted by molar-refractivity contribution is -0.118. The van der Waals surface area contributed by atoms with Crippen LogP contribution in [0.3, 0.4) is 0 Å². The Balaban J connectivity index is 1.57. The fourth-order valence-electron chi connectivity index (χ4n) is 2.70. The Labute approximate surface area is 146 Å². The van der Waals surface area contributed by atoms with Gasteiger partial charge < -0.3 is 15.0 Å². The molecule has 1 N–H and O–H groups in total. The Hall–Kier alpha value is -1.92. The van der Waals surface area contributed by atoms with E-state index < -0.39 is 0 Å². The van der Waals surface area contributed by atoms with Gasteiger partial charge in [0.1, 0.15) is 0 Å². The quantitative estimate of drug-likeness (QED) is 0.818. The van der Waals surface area contributed by atoms with E-state index in [1.807, 2.05) is 0 Å². The van der Waals surface area contributed by atoms with Gasteiger partial charge in [-0.25, -0.2) is 4.98 Å². The number of hydrogen-bond acceptors (Lipinski definition) is 5. The summed E-state index contributed by atoms with van der Waals surface area (Å²) in [5.74, 6) is 0.0324. The molecule has 6 heteroatoms. The number of rotatable bonds is 6. The SMILES string of the molecule is CC(=O)NCCCc1ccc(-c2csc(N3CCOCC3)n2)cc1. The van der Waals surface area contributed by atoms with Gasteiger partial charge in [0.15, 0.2) is 5.13 Å². The first-order valence-electron chi connectivity index (χ1n) is 8.34. The van der Waals surface area contributed by atoms with Crippen molar-refractivity contribution in [1.29, 1.82) is 0 Å². The first kappa shape index (κ1) is 16.9. The van der Waals surface area contributed by atoms with Crippen molar-refractivity contribution >= 4 is 22.4 Å². The van der Waals surface area contributed by atoms with Crippen LogP contribution in [-0.2, 0) is 16.0 Å². The summed E-state index contributed by atoms with van der Waals surface area (Å²) in [6, 6.07) is 8.56. The largest absolute Gasteiger partial charge is 0.378 e. The molecule has 5 nitrogen and oxygen atoms in total. The Kier molecular flexibility index (Phi) is 5.82. The third-order valence-electron chi connectivity index (χ3n) is 4.04. The first-order chi connectivity index (χ1) is 11.7. The normalized spacial score (nSPS) is 14.6. The molecule has 0 unspecified atom stereocenters. The highest BCUT2D eigenvalue weighted by atomic mass is 32.1. The number of anilines is 1. The van der Waals surface area contributed by atoms with Crippen LogP contribution >= 0.6 is 11.3 Å². The molecule has 0 spiro atoms. The minimum atomic E-state index is 0.0324. The predicted octanol–water partition coefficient (Wildman–Crippen LogP) is 2.72.